The molecule has 7 nitrogen and oxygen atoms in total. The predicted octanol–water partition coefficient (Wildman–Crippen LogP) is 4.78. The van der Waals surface area contributed by atoms with E-state index >= 15 is 0 Å². The van der Waals surface area contributed by atoms with Crippen molar-refractivity contribution in [3.8, 4) is 11.3 Å². The number of para-hydroxylation sites is 1. The molecule has 0 atom stereocenters. The molecular weight excluding hydrogens is 436 g/mol. The van der Waals surface area contributed by atoms with Crippen molar-refractivity contribution in [1.82, 2.24) is 10.2 Å². The molecule has 0 unspecified atom stereocenters. The van der Waals surface area contributed by atoms with E-state index in [4.69, 9.17) is 11.6 Å². The summed E-state index contributed by atoms with van der Waals surface area (Å²) in [6.45, 7) is 0. The number of amides is 1. The van der Waals surface area contributed by atoms with Crippen molar-refractivity contribution in [3.05, 3.63) is 95.6 Å². The average molecular weight is 453 g/mol. The summed E-state index contributed by atoms with van der Waals surface area (Å²) in [5.41, 5.74) is 2.34. The monoisotopic (exact) mass is 452 g/mol. The molecule has 4 aromatic rings. The maximum absolute atomic E-state index is 12.7. The van der Waals surface area contributed by atoms with Crippen molar-refractivity contribution in [1.29, 1.82) is 0 Å². The highest BCUT2D eigenvalue weighted by molar-refractivity contribution is 7.92. The molecule has 0 saturated carbocycles. The van der Waals surface area contributed by atoms with E-state index in [1.54, 1.807) is 42.5 Å². The fraction of sp³-hybridized carbons (Fsp3) is 0. The summed E-state index contributed by atoms with van der Waals surface area (Å²) in [6.07, 6.45) is 0. The molecule has 4 rings (SSSR count). The van der Waals surface area contributed by atoms with E-state index in [2.05, 4.69) is 20.2 Å². The maximum Gasteiger partial charge on any atom is 0.273 e. The molecule has 0 radical (unpaired) electrons. The Hall–Kier alpha value is -3.62. The van der Waals surface area contributed by atoms with Gasteiger partial charge in [-0.3, -0.25) is 14.6 Å². The Morgan fingerprint density at radius 3 is 2.42 bits per heavy atom. The number of nitrogens with zero attached hydrogens (tertiary/aromatic N) is 1. The molecule has 3 aromatic carbocycles. The first kappa shape index (κ1) is 20.6. The summed E-state index contributed by atoms with van der Waals surface area (Å²) < 4.78 is 27.9. The second-order valence-corrected chi connectivity index (χ2v) is 8.69. The number of sulfonamides is 1. The normalized spacial score (nSPS) is 11.1. The lowest BCUT2D eigenvalue weighted by Crippen LogP contribution is -2.15. The van der Waals surface area contributed by atoms with E-state index in [1.165, 1.54) is 12.1 Å². The van der Waals surface area contributed by atoms with Crippen LogP contribution in [0.3, 0.4) is 0 Å². The Morgan fingerprint density at radius 2 is 1.65 bits per heavy atom. The van der Waals surface area contributed by atoms with Crippen LogP contribution in [0.25, 0.3) is 11.3 Å². The number of anilines is 2. The Kier molecular flexibility index (Phi) is 5.75. The second kappa shape index (κ2) is 8.63. The SMILES string of the molecule is O=C(Nc1cccc(S(=O)(=O)Nc2ccccc2Cl)c1)c1cc(-c2ccccc2)n[nH]1. The van der Waals surface area contributed by atoms with Crippen LogP contribution in [-0.4, -0.2) is 24.5 Å². The molecule has 0 bridgehead atoms. The molecule has 0 fully saturated rings. The van der Waals surface area contributed by atoms with Gasteiger partial charge in [0.2, 0.25) is 0 Å². The van der Waals surface area contributed by atoms with E-state index in [9.17, 15) is 13.2 Å². The molecule has 0 saturated heterocycles. The highest BCUT2D eigenvalue weighted by Crippen LogP contribution is 2.25. The number of H-pyrrole nitrogens is 1. The number of aromatic amines is 1. The molecule has 3 N–H and O–H groups in total. The number of carbonyl (C=O) groups excluding carboxylic acids is 1. The molecule has 1 amide bonds. The van der Waals surface area contributed by atoms with Gasteiger partial charge in [-0.25, -0.2) is 8.42 Å². The number of rotatable bonds is 6. The van der Waals surface area contributed by atoms with Gasteiger partial charge in [0.15, 0.2) is 0 Å². The zero-order valence-corrected chi connectivity index (χ0v) is 17.6. The van der Waals surface area contributed by atoms with Crippen molar-refractivity contribution < 1.29 is 13.2 Å². The third-order valence-electron chi connectivity index (χ3n) is 4.41. The Bertz CT molecular complexity index is 1340. The number of nitrogens with one attached hydrogen (secondary N) is 3. The van der Waals surface area contributed by atoms with Gasteiger partial charge >= 0.3 is 0 Å². The molecule has 1 heterocycles. The van der Waals surface area contributed by atoms with Crippen LogP contribution in [0.1, 0.15) is 10.5 Å². The van der Waals surface area contributed by atoms with Crippen molar-refractivity contribution in [2.24, 2.45) is 0 Å². The number of hydrogen-bond acceptors (Lipinski definition) is 4. The average Bonchev–Trinajstić information content (AvgIpc) is 3.27. The van der Waals surface area contributed by atoms with Gasteiger partial charge in [0.1, 0.15) is 5.69 Å². The molecule has 9 heteroatoms. The number of aromatic nitrogens is 2. The predicted molar refractivity (Wildman–Crippen MR) is 121 cm³/mol. The zero-order valence-electron chi connectivity index (χ0n) is 16.0. The Balaban J connectivity index is 1.52. The van der Waals surface area contributed by atoms with Gasteiger partial charge in [-0.15, -0.1) is 0 Å². The summed E-state index contributed by atoms with van der Waals surface area (Å²) in [7, 11) is -3.90. The second-order valence-electron chi connectivity index (χ2n) is 6.60. The minimum absolute atomic E-state index is 0.0141. The highest BCUT2D eigenvalue weighted by atomic mass is 35.5. The van der Waals surface area contributed by atoms with E-state index in [1.807, 2.05) is 30.3 Å². The van der Waals surface area contributed by atoms with Gasteiger partial charge in [-0.05, 0) is 36.4 Å². The van der Waals surface area contributed by atoms with Crippen LogP contribution in [0.2, 0.25) is 5.02 Å². The lowest BCUT2D eigenvalue weighted by atomic mass is 10.1. The summed E-state index contributed by atoms with van der Waals surface area (Å²) in [6, 6.07) is 23.5. The van der Waals surface area contributed by atoms with E-state index in [-0.39, 0.29) is 21.3 Å². The number of carbonyl (C=O) groups is 1. The molecular formula is C22H17ClN4O3S. The third-order valence-corrected chi connectivity index (χ3v) is 6.11. The van der Waals surface area contributed by atoms with Crippen molar-refractivity contribution in [3.63, 3.8) is 0 Å². The summed E-state index contributed by atoms with van der Waals surface area (Å²) >= 11 is 6.04. The van der Waals surface area contributed by atoms with Gasteiger partial charge in [0.05, 0.1) is 21.3 Å². The van der Waals surface area contributed by atoms with E-state index in [0.717, 1.165) is 5.56 Å². The lowest BCUT2D eigenvalue weighted by Gasteiger charge is -2.11. The largest absolute Gasteiger partial charge is 0.321 e. The first-order valence-electron chi connectivity index (χ1n) is 9.22. The van der Waals surface area contributed by atoms with Gasteiger partial charge in [-0.2, -0.15) is 5.10 Å². The maximum atomic E-state index is 12.7. The zero-order chi connectivity index (χ0) is 21.8. The van der Waals surface area contributed by atoms with Gasteiger partial charge in [0.25, 0.3) is 15.9 Å². The number of benzene rings is 3. The molecule has 156 valence electrons. The first-order valence-corrected chi connectivity index (χ1v) is 11.1. The van der Waals surface area contributed by atoms with Crippen LogP contribution in [0.15, 0.2) is 89.8 Å². The topological polar surface area (TPSA) is 104 Å². The van der Waals surface area contributed by atoms with Gasteiger partial charge in [0, 0.05) is 11.3 Å². The van der Waals surface area contributed by atoms with E-state index < -0.39 is 15.9 Å². The van der Waals surface area contributed by atoms with Gasteiger partial charge < -0.3 is 5.32 Å². The summed E-state index contributed by atoms with van der Waals surface area (Å²) in [5.74, 6) is -0.441. The fourth-order valence-corrected chi connectivity index (χ4v) is 4.25. The van der Waals surface area contributed by atoms with Crippen LogP contribution < -0.4 is 10.0 Å². The lowest BCUT2D eigenvalue weighted by molar-refractivity contribution is 0.102. The van der Waals surface area contributed by atoms with Crippen molar-refractivity contribution >= 4 is 38.9 Å². The first-order chi connectivity index (χ1) is 14.9. The van der Waals surface area contributed by atoms with Crippen LogP contribution >= 0.6 is 11.6 Å². The Morgan fingerprint density at radius 1 is 0.903 bits per heavy atom. The summed E-state index contributed by atoms with van der Waals surface area (Å²) in [5, 5.41) is 9.82. The van der Waals surface area contributed by atoms with Crippen LogP contribution in [0.5, 0.6) is 0 Å². The smallest absolute Gasteiger partial charge is 0.273 e. The van der Waals surface area contributed by atoms with E-state index in [0.29, 0.717) is 11.4 Å². The quantitative estimate of drug-likeness (QED) is 0.391. The number of hydrogen-bond donors (Lipinski definition) is 3. The van der Waals surface area contributed by atoms with Crippen molar-refractivity contribution in [2.75, 3.05) is 10.0 Å². The fourth-order valence-electron chi connectivity index (χ4n) is 2.88. The summed E-state index contributed by atoms with van der Waals surface area (Å²) in [4.78, 5) is 12.6. The molecule has 0 aliphatic carbocycles. The minimum Gasteiger partial charge on any atom is -0.321 e. The number of halogens is 1. The highest BCUT2D eigenvalue weighted by Gasteiger charge is 2.17. The van der Waals surface area contributed by atoms with Crippen molar-refractivity contribution in [2.45, 2.75) is 4.90 Å². The molecule has 0 aliphatic rings. The van der Waals surface area contributed by atoms with Crippen LogP contribution in [-0.2, 0) is 10.0 Å². The molecule has 0 aliphatic heterocycles. The van der Waals surface area contributed by atoms with Crippen LogP contribution in [0.4, 0.5) is 11.4 Å². The van der Waals surface area contributed by atoms with Crippen LogP contribution in [0, 0.1) is 0 Å². The Labute approximate surface area is 184 Å². The molecule has 0 spiro atoms. The minimum atomic E-state index is -3.90. The third kappa shape index (κ3) is 4.76. The van der Waals surface area contributed by atoms with Gasteiger partial charge in [-0.1, -0.05) is 60.1 Å². The molecule has 1 aromatic heterocycles. The molecule has 31 heavy (non-hydrogen) atoms. The standard InChI is InChI=1S/C22H17ClN4O3S/c23-18-11-4-5-12-19(18)27-31(29,30)17-10-6-9-16(13-17)24-22(28)21-14-20(25-26-21)15-7-2-1-3-8-15/h1-14,27H,(H,24,28)(H,25,26).